The van der Waals surface area contributed by atoms with Crippen molar-refractivity contribution in [3.05, 3.63) is 59.1 Å². The van der Waals surface area contributed by atoms with Crippen LogP contribution in [0.15, 0.2) is 58.1 Å². The average Bonchev–Trinajstić information content (AvgIpc) is 2.75. The molecule has 29 heavy (non-hydrogen) atoms. The predicted octanol–water partition coefficient (Wildman–Crippen LogP) is 0.0337. The van der Waals surface area contributed by atoms with Gasteiger partial charge >= 0.3 is 0 Å². The summed E-state index contributed by atoms with van der Waals surface area (Å²) in [6.45, 7) is -0.562. The maximum absolute atomic E-state index is 12.7. The largest absolute Gasteiger partial charge is 0.463 e. The van der Waals surface area contributed by atoms with Crippen LogP contribution in [0.25, 0.3) is 22.2 Å². The lowest BCUT2D eigenvalue weighted by Crippen LogP contribution is -2.60. The highest BCUT2D eigenvalue weighted by atomic mass is 16.7. The molecule has 1 aliphatic rings. The van der Waals surface area contributed by atoms with E-state index in [1.807, 2.05) is 0 Å². The molecule has 0 amide bonds. The normalized spacial score (nSPS) is 27.1. The quantitative estimate of drug-likeness (QED) is 0.476. The van der Waals surface area contributed by atoms with Crippen LogP contribution >= 0.6 is 0 Å². The van der Waals surface area contributed by atoms with Gasteiger partial charge in [0.05, 0.1) is 23.3 Å². The van der Waals surface area contributed by atoms with Gasteiger partial charge in [0.2, 0.25) is 11.7 Å². The lowest BCUT2D eigenvalue weighted by molar-refractivity contribution is -0.277. The van der Waals surface area contributed by atoms with Crippen molar-refractivity contribution in [1.29, 1.82) is 0 Å². The van der Waals surface area contributed by atoms with Gasteiger partial charge in [0.1, 0.15) is 42.0 Å². The molecular formula is C20H19NO8. The second-order valence-corrected chi connectivity index (χ2v) is 6.67. The molecule has 5 atom stereocenters. The molecule has 1 saturated heterocycles. The lowest BCUT2D eigenvalue weighted by atomic mass is 9.99. The van der Waals surface area contributed by atoms with Crippen molar-refractivity contribution in [2.75, 3.05) is 6.61 Å². The Labute approximate surface area is 164 Å². The van der Waals surface area contributed by atoms with E-state index in [1.165, 1.54) is 24.5 Å². The van der Waals surface area contributed by atoms with Crippen molar-refractivity contribution < 1.29 is 34.3 Å². The first-order valence-corrected chi connectivity index (χ1v) is 8.93. The number of ether oxygens (including phenoxy) is 2. The van der Waals surface area contributed by atoms with Crippen molar-refractivity contribution >= 4 is 11.0 Å². The van der Waals surface area contributed by atoms with E-state index in [2.05, 4.69) is 4.98 Å². The molecule has 152 valence electrons. The van der Waals surface area contributed by atoms with Crippen LogP contribution in [-0.4, -0.2) is 62.7 Å². The summed E-state index contributed by atoms with van der Waals surface area (Å²) in [7, 11) is 0. The van der Waals surface area contributed by atoms with Crippen LogP contribution in [0.5, 0.6) is 5.75 Å². The highest BCUT2D eigenvalue weighted by molar-refractivity contribution is 5.81. The number of aliphatic hydroxyl groups is 4. The summed E-state index contributed by atoms with van der Waals surface area (Å²) in [5, 5.41) is 39.3. The highest BCUT2D eigenvalue weighted by Crippen LogP contribution is 2.27. The van der Waals surface area contributed by atoms with E-state index in [9.17, 15) is 25.2 Å². The molecule has 1 aromatic carbocycles. The molecule has 2 aromatic heterocycles. The van der Waals surface area contributed by atoms with Crippen LogP contribution in [0.3, 0.4) is 0 Å². The Morgan fingerprint density at radius 1 is 1.07 bits per heavy atom. The van der Waals surface area contributed by atoms with E-state index in [0.717, 1.165) is 0 Å². The molecule has 3 aromatic rings. The molecule has 4 rings (SSSR count). The molecule has 0 unspecified atom stereocenters. The fourth-order valence-corrected chi connectivity index (χ4v) is 3.18. The summed E-state index contributed by atoms with van der Waals surface area (Å²) in [5.41, 5.74) is 0.798. The maximum Gasteiger partial charge on any atom is 0.229 e. The van der Waals surface area contributed by atoms with Crippen LogP contribution < -0.4 is 10.2 Å². The first-order valence-electron chi connectivity index (χ1n) is 8.93. The van der Waals surface area contributed by atoms with Gasteiger partial charge in [-0.05, 0) is 24.3 Å². The fourth-order valence-electron chi connectivity index (χ4n) is 3.18. The third kappa shape index (κ3) is 3.61. The van der Waals surface area contributed by atoms with Gasteiger partial charge in [0.25, 0.3) is 0 Å². The Morgan fingerprint density at radius 3 is 2.62 bits per heavy atom. The van der Waals surface area contributed by atoms with E-state index in [-0.39, 0.29) is 16.8 Å². The van der Waals surface area contributed by atoms with E-state index >= 15 is 0 Å². The minimum Gasteiger partial charge on any atom is -0.463 e. The summed E-state index contributed by atoms with van der Waals surface area (Å²) < 4.78 is 16.4. The molecule has 0 saturated carbocycles. The number of nitrogens with zero attached hydrogens (tertiary/aromatic N) is 1. The van der Waals surface area contributed by atoms with Crippen molar-refractivity contribution in [2.24, 2.45) is 0 Å². The summed E-state index contributed by atoms with van der Waals surface area (Å²) >= 11 is 0. The number of benzene rings is 1. The first-order chi connectivity index (χ1) is 14.0. The van der Waals surface area contributed by atoms with Crippen LogP contribution in [0.1, 0.15) is 0 Å². The first kappa shape index (κ1) is 19.5. The second kappa shape index (κ2) is 7.90. The lowest BCUT2D eigenvalue weighted by Gasteiger charge is -2.39. The number of fused-ring (bicyclic) bond motifs is 1. The number of aliphatic hydroxyl groups excluding tert-OH is 4. The molecule has 0 radical (unpaired) electrons. The summed E-state index contributed by atoms with van der Waals surface area (Å²) in [6, 6.07) is 9.66. The smallest absolute Gasteiger partial charge is 0.229 e. The van der Waals surface area contributed by atoms with E-state index < -0.39 is 37.3 Å². The Hall–Kier alpha value is -2.82. The third-order valence-electron chi connectivity index (χ3n) is 4.79. The van der Waals surface area contributed by atoms with E-state index in [1.54, 1.807) is 24.4 Å². The van der Waals surface area contributed by atoms with Gasteiger partial charge in [-0.15, -0.1) is 0 Å². The Morgan fingerprint density at radius 2 is 1.90 bits per heavy atom. The zero-order chi connectivity index (χ0) is 20.5. The molecule has 3 heterocycles. The van der Waals surface area contributed by atoms with E-state index in [4.69, 9.17) is 13.9 Å². The van der Waals surface area contributed by atoms with Gasteiger partial charge in [-0.3, -0.25) is 9.78 Å². The van der Waals surface area contributed by atoms with Crippen LogP contribution in [0.2, 0.25) is 0 Å². The number of rotatable bonds is 4. The number of hydrogen-bond donors (Lipinski definition) is 4. The molecular weight excluding hydrogens is 382 g/mol. The van der Waals surface area contributed by atoms with Crippen LogP contribution in [0.4, 0.5) is 0 Å². The molecule has 0 aliphatic carbocycles. The molecule has 1 aliphatic heterocycles. The van der Waals surface area contributed by atoms with Crippen molar-refractivity contribution in [3.8, 4) is 17.0 Å². The third-order valence-corrected chi connectivity index (χ3v) is 4.79. The molecule has 9 heteroatoms. The van der Waals surface area contributed by atoms with Crippen molar-refractivity contribution in [2.45, 2.75) is 30.7 Å². The average molecular weight is 401 g/mol. The zero-order valence-corrected chi connectivity index (χ0v) is 15.1. The van der Waals surface area contributed by atoms with Gasteiger partial charge in [-0.1, -0.05) is 6.07 Å². The monoisotopic (exact) mass is 401 g/mol. The SMILES string of the molecule is O=c1c(-c2ccccn2)coc2cc(O[C@@H]3O[C@H](CO)[C@H](O)[C@H](O)[C@@H]3O)ccc12. The maximum atomic E-state index is 12.7. The van der Waals surface area contributed by atoms with Gasteiger partial charge in [-0.25, -0.2) is 0 Å². The van der Waals surface area contributed by atoms with Gasteiger partial charge < -0.3 is 34.3 Å². The standard InChI is InChI=1S/C20H19NO8/c22-8-15-17(24)18(25)19(26)20(29-15)28-10-4-5-11-14(7-10)27-9-12(16(11)23)13-3-1-2-6-21-13/h1-7,9,15,17-20,22,24-26H,8H2/t15-,17+,18+,19+,20-/m1/s1. The van der Waals surface area contributed by atoms with Crippen molar-refractivity contribution in [1.82, 2.24) is 4.98 Å². The van der Waals surface area contributed by atoms with E-state index in [0.29, 0.717) is 16.6 Å². The predicted molar refractivity (Wildman–Crippen MR) is 100 cm³/mol. The molecule has 1 fully saturated rings. The highest BCUT2D eigenvalue weighted by Gasteiger charge is 2.44. The summed E-state index contributed by atoms with van der Waals surface area (Å²) in [6.07, 6.45) is -4.09. The molecule has 0 spiro atoms. The molecule has 0 bridgehead atoms. The van der Waals surface area contributed by atoms with Gasteiger partial charge in [0.15, 0.2) is 0 Å². The minimum atomic E-state index is -1.55. The topological polar surface area (TPSA) is 142 Å². The van der Waals surface area contributed by atoms with Crippen molar-refractivity contribution in [3.63, 3.8) is 0 Å². The molecule has 9 nitrogen and oxygen atoms in total. The Kier molecular flexibility index (Phi) is 5.31. The Bertz CT molecular complexity index is 1050. The van der Waals surface area contributed by atoms with Crippen LogP contribution in [0, 0.1) is 0 Å². The minimum absolute atomic E-state index is 0.204. The summed E-state index contributed by atoms with van der Waals surface area (Å²) in [5.74, 6) is 0.204. The van der Waals surface area contributed by atoms with Gasteiger partial charge in [-0.2, -0.15) is 0 Å². The van der Waals surface area contributed by atoms with Crippen LogP contribution in [-0.2, 0) is 4.74 Å². The fraction of sp³-hybridized carbons (Fsp3) is 0.300. The number of aromatic nitrogens is 1. The number of hydrogen-bond acceptors (Lipinski definition) is 9. The Balaban J connectivity index is 1.62. The summed E-state index contributed by atoms with van der Waals surface area (Å²) in [4.78, 5) is 16.9. The van der Waals surface area contributed by atoms with Gasteiger partial charge in [0, 0.05) is 12.3 Å². The molecule has 4 N–H and O–H groups in total. The number of pyridine rings is 1. The zero-order valence-electron chi connectivity index (χ0n) is 15.1. The second-order valence-electron chi connectivity index (χ2n) is 6.67.